The topological polar surface area (TPSA) is 65.5 Å². The van der Waals surface area contributed by atoms with E-state index < -0.39 is 0 Å². The zero-order chi connectivity index (χ0) is 20.5. The first kappa shape index (κ1) is 21.6. The van der Waals surface area contributed by atoms with Crippen molar-refractivity contribution in [3.05, 3.63) is 30.1 Å². The molecule has 6 heteroatoms. The second kappa shape index (κ2) is 11.2. The molecule has 0 radical (unpaired) electrons. The lowest BCUT2D eigenvalue weighted by atomic mass is 9.93. The van der Waals surface area contributed by atoms with Gasteiger partial charge in [0.05, 0.1) is 0 Å². The molecule has 2 aliphatic rings. The van der Waals surface area contributed by atoms with E-state index in [0.29, 0.717) is 24.9 Å². The van der Waals surface area contributed by atoms with Gasteiger partial charge in [0.15, 0.2) is 0 Å². The average Bonchev–Trinajstić information content (AvgIpc) is 2.77. The van der Waals surface area contributed by atoms with E-state index in [1.54, 1.807) is 6.20 Å². The quantitative estimate of drug-likeness (QED) is 0.760. The molecule has 29 heavy (non-hydrogen) atoms. The number of urea groups is 1. The van der Waals surface area contributed by atoms with Crippen LogP contribution < -0.4 is 5.32 Å². The minimum Gasteiger partial charge on any atom is -0.345 e. The normalized spacial score (nSPS) is 20.3. The number of hydrogen-bond donors (Lipinski definition) is 1. The Morgan fingerprint density at radius 3 is 2.76 bits per heavy atom. The highest BCUT2D eigenvalue weighted by atomic mass is 16.2. The summed E-state index contributed by atoms with van der Waals surface area (Å²) in [6.07, 6.45) is 12.1. The fraction of sp³-hybridized carbons (Fsp3) is 0.696. The molecule has 160 valence electrons. The molecule has 1 aromatic heterocycles. The van der Waals surface area contributed by atoms with Crippen molar-refractivity contribution in [3.8, 4) is 0 Å². The van der Waals surface area contributed by atoms with Gasteiger partial charge in [0.2, 0.25) is 5.91 Å². The van der Waals surface area contributed by atoms with Crippen molar-refractivity contribution in [2.24, 2.45) is 5.92 Å². The van der Waals surface area contributed by atoms with Gasteiger partial charge in [0, 0.05) is 57.5 Å². The SMILES string of the molecule is CN(CCc1ccccn1)C(=O)CC[C@H]1CCCN(C(=O)NC2CCCCC2)C1. The molecule has 0 spiro atoms. The van der Waals surface area contributed by atoms with E-state index in [9.17, 15) is 9.59 Å². The van der Waals surface area contributed by atoms with E-state index in [2.05, 4.69) is 10.3 Å². The summed E-state index contributed by atoms with van der Waals surface area (Å²) in [7, 11) is 1.87. The lowest BCUT2D eigenvalue weighted by Gasteiger charge is -2.34. The van der Waals surface area contributed by atoms with Crippen LogP contribution in [-0.2, 0) is 11.2 Å². The van der Waals surface area contributed by atoms with Gasteiger partial charge < -0.3 is 15.1 Å². The Bertz CT molecular complexity index is 646. The van der Waals surface area contributed by atoms with Gasteiger partial charge >= 0.3 is 6.03 Å². The number of likely N-dealkylation sites (tertiary alicyclic amines) is 1. The van der Waals surface area contributed by atoms with Crippen LogP contribution in [0.1, 0.15) is 63.5 Å². The van der Waals surface area contributed by atoms with Gasteiger partial charge in [-0.05, 0) is 50.2 Å². The Balaban J connectivity index is 1.37. The number of aromatic nitrogens is 1. The molecule has 1 aliphatic carbocycles. The first-order chi connectivity index (χ1) is 14.1. The number of likely N-dealkylation sites (N-methyl/N-ethyl adjacent to an activating group) is 1. The predicted molar refractivity (Wildman–Crippen MR) is 115 cm³/mol. The summed E-state index contributed by atoms with van der Waals surface area (Å²) in [6, 6.07) is 6.32. The number of pyridine rings is 1. The summed E-state index contributed by atoms with van der Waals surface area (Å²) < 4.78 is 0. The smallest absolute Gasteiger partial charge is 0.317 e. The summed E-state index contributed by atoms with van der Waals surface area (Å²) in [4.78, 5) is 33.2. The molecule has 1 saturated carbocycles. The molecule has 0 unspecified atom stereocenters. The van der Waals surface area contributed by atoms with E-state index in [4.69, 9.17) is 0 Å². The Hall–Kier alpha value is -2.11. The highest BCUT2D eigenvalue weighted by Gasteiger charge is 2.26. The van der Waals surface area contributed by atoms with Gasteiger partial charge in [0.25, 0.3) is 0 Å². The maximum atomic E-state index is 12.6. The highest BCUT2D eigenvalue weighted by Crippen LogP contribution is 2.23. The number of hydrogen-bond acceptors (Lipinski definition) is 3. The van der Waals surface area contributed by atoms with Crippen molar-refractivity contribution >= 4 is 11.9 Å². The van der Waals surface area contributed by atoms with Gasteiger partial charge in [-0.3, -0.25) is 9.78 Å². The molecule has 6 nitrogen and oxygen atoms in total. The Kier molecular flexibility index (Phi) is 8.32. The van der Waals surface area contributed by atoms with Crippen LogP contribution in [0.25, 0.3) is 0 Å². The average molecular weight is 401 g/mol. The Labute approximate surface area is 175 Å². The first-order valence-electron chi connectivity index (χ1n) is 11.3. The minimum absolute atomic E-state index is 0.0976. The second-order valence-corrected chi connectivity index (χ2v) is 8.66. The maximum Gasteiger partial charge on any atom is 0.317 e. The van der Waals surface area contributed by atoms with Crippen LogP contribution >= 0.6 is 0 Å². The van der Waals surface area contributed by atoms with Crippen molar-refractivity contribution in [1.82, 2.24) is 20.1 Å². The van der Waals surface area contributed by atoms with Crippen molar-refractivity contribution in [2.45, 2.75) is 70.3 Å². The number of nitrogens with one attached hydrogen (secondary N) is 1. The van der Waals surface area contributed by atoms with Gasteiger partial charge in [-0.1, -0.05) is 25.3 Å². The summed E-state index contributed by atoms with van der Waals surface area (Å²) in [5.41, 5.74) is 1.01. The standard InChI is InChI=1S/C23H36N4O2/c1-26(17-14-20-9-5-6-15-24-20)22(28)13-12-19-8-7-16-27(18-19)23(29)25-21-10-3-2-4-11-21/h5-6,9,15,19,21H,2-4,7-8,10-14,16-18H2,1H3,(H,25,29)/t19-/m1/s1. The van der Waals surface area contributed by atoms with E-state index >= 15 is 0 Å². The molecule has 3 rings (SSSR count). The molecule has 1 saturated heterocycles. The molecular weight excluding hydrogens is 364 g/mol. The van der Waals surface area contributed by atoms with Crippen molar-refractivity contribution < 1.29 is 9.59 Å². The molecule has 0 aromatic carbocycles. The number of amides is 3. The predicted octanol–water partition coefficient (Wildman–Crippen LogP) is 3.62. The van der Waals surface area contributed by atoms with E-state index in [0.717, 1.165) is 57.3 Å². The van der Waals surface area contributed by atoms with Crippen LogP contribution in [0.5, 0.6) is 0 Å². The maximum absolute atomic E-state index is 12.6. The van der Waals surface area contributed by atoms with E-state index in [1.165, 1.54) is 19.3 Å². The molecule has 2 fully saturated rings. The summed E-state index contributed by atoms with van der Waals surface area (Å²) >= 11 is 0. The molecule has 3 amide bonds. The molecule has 2 heterocycles. The molecule has 1 N–H and O–H groups in total. The van der Waals surface area contributed by atoms with Crippen LogP contribution in [0.4, 0.5) is 4.79 Å². The number of carbonyl (C=O) groups excluding carboxylic acids is 2. The van der Waals surface area contributed by atoms with Crippen LogP contribution in [0.2, 0.25) is 0 Å². The number of nitrogens with zero attached hydrogens (tertiary/aromatic N) is 3. The third-order valence-corrected chi connectivity index (χ3v) is 6.36. The van der Waals surface area contributed by atoms with Gasteiger partial charge in [-0.15, -0.1) is 0 Å². The molecule has 1 atom stereocenters. The molecule has 1 aromatic rings. The zero-order valence-corrected chi connectivity index (χ0v) is 17.8. The first-order valence-corrected chi connectivity index (χ1v) is 11.3. The van der Waals surface area contributed by atoms with Gasteiger partial charge in [-0.25, -0.2) is 4.79 Å². The Morgan fingerprint density at radius 2 is 2.00 bits per heavy atom. The van der Waals surface area contributed by atoms with Crippen LogP contribution in [0, 0.1) is 5.92 Å². The minimum atomic E-state index is 0.0976. The fourth-order valence-corrected chi connectivity index (χ4v) is 4.47. The number of rotatable bonds is 7. The fourth-order valence-electron chi connectivity index (χ4n) is 4.47. The van der Waals surface area contributed by atoms with E-state index in [1.807, 2.05) is 35.0 Å². The highest BCUT2D eigenvalue weighted by molar-refractivity contribution is 5.76. The monoisotopic (exact) mass is 400 g/mol. The van der Waals surface area contributed by atoms with E-state index in [-0.39, 0.29) is 11.9 Å². The molecular formula is C23H36N4O2. The molecule has 1 aliphatic heterocycles. The number of piperidine rings is 1. The summed E-state index contributed by atoms with van der Waals surface area (Å²) in [5, 5.41) is 3.23. The van der Waals surface area contributed by atoms with Crippen molar-refractivity contribution in [3.63, 3.8) is 0 Å². The largest absolute Gasteiger partial charge is 0.345 e. The summed E-state index contributed by atoms with van der Waals surface area (Å²) in [5.74, 6) is 0.610. The van der Waals surface area contributed by atoms with Gasteiger partial charge in [0.1, 0.15) is 0 Å². The van der Waals surface area contributed by atoms with Crippen molar-refractivity contribution in [2.75, 3.05) is 26.7 Å². The van der Waals surface area contributed by atoms with Crippen LogP contribution in [0.3, 0.4) is 0 Å². The Morgan fingerprint density at radius 1 is 1.17 bits per heavy atom. The third-order valence-electron chi connectivity index (χ3n) is 6.36. The summed E-state index contributed by atoms with van der Waals surface area (Å²) in [6.45, 7) is 2.31. The lowest BCUT2D eigenvalue weighted by molar-refractivity contribution is -0.130. The third kappa shape index (κ3) is 7.02. The lowest BCUT2D eigenvalue weighted by Crippen LogP contribution is -2.49. The van der Waals surface area contributed by atoms with Crippen LogP contribution in [0.15, 0.2) is 24.4 Å². The van der Waals surface area contributed by atoms with Crippen LogP contribution in [-0.4, -0.2) is 59.4 Å². The number of carbonyl (C=O) groups is 2. The van der Waals surface area contributed by atoms with Crippen molar-refractivity contribution in [1.29, 1.82) is 0 Å². The zero-order valence-electron chi connectivity index (χ0n) is 17.8. The second-order valence-electron chi connectivity index (χ2n) is 8.66. The van der Waals surface area contributed by atoms with Gasteiger partial charge in [-0.2, -0.15) is 0 Å². The molecule has 0 bridgehead atoms.